The number of hydrogen-bond donors (Lipinski definition) is 1. The molecule has 180 valence electrons. The Morgan fingerprint density at radius 3 is 1.81 bits per heavy atom. The first kappa shape index (κ1) is 23.6. The van der Waals surface area contributed by atoms with E-state index in [4.69, 9.17) is 20.1 Å². The van der Waals surface area contributed by atoms with Crippen molar-refractivity contribution in [2.24, 2.45) is 17.8 Å². The van der Waals surface area contributed by atoms with E-state index in [1.54, 1.807) is 0 Å². The minimum Gasteiger partial charge on any atom is -0.475 e. The summed E-state index contributed by atoms with van der Waals surface area (Å²) < 4.78 is 34.4. The smallest absolute Gasteiger partial charge is 0.475 e. The minimum atomic E-state index is -5.08. The van der Waals surface area contributed by atoms with Gasteiger partial charge in [0.25, 0.3) is 0 Å². The lowest BCUT2D eigenvalue weighted by molar-refractivity contribution is -0.192. The molecule has 0 radical (unpaired) electrons. The maximum Gasteiger partial charge on any atom is 0.490 e. The van der Waals surface area contributed by atoms with Crippen LogP contribution in [0.2, 0.25) is 0 Å². The summed E-state index contributed by atoms with van der Waals surface area (Å²) in [5, 5.41) is 16.8. The van der Waals surface area contributed by atoms with Gasteiger partial charge in [-0.1, -0.05) is 38.5 Å². The summed E-state index contributed by atoms with van der Waals surface area (Å²) >= 11 is 0. The lowest BCUT2D eigenvalue weighted by Gasteiger charge is -2.56. The van der Waals surface area contributed by atoms with E-state index in [2.05, 4.69) is 4.57 Å². The number of aromatic nitrogens is 3. The molecule has 8 heteroatoms. The maximum atomic E-state index is 10.6. The van der Waals surface area contributed by atoms with Crippen LogP contribution in [0.3, 0.4) is 0 Å². The molecule has 4 bridgehead atoms. The van der Waals surface area contributed by atoms with Crippen LogP contribution in [0.15, 0.2) is 0 Å². The fourth-order valence-corrected chi connectivity index (χ4v) is 7.15. The zero-order chi connectivity index (χ0) is 22.8. The molecule has 5 nitrogen and oxygen atoms in total. The molecule has 0 unspecified atom stereocenters. The first-order valence-corrected chi connectivity index (χ1v) is 12.5. The number of alkyl halides is 3. The summed E-state index contributed by atoms with van der Waals surface area (Å²) in [5.41, 5.74) is 0.400. The van der Waals surface area contributed by atoms with Gasteiger partial charge in [0, 0.05) is 18.4 Å². The average molecular weight is 456 g/mol. The molecular weight excluding hydrogens is 419 g/mol. The number of carboxylic acid groups (broad SMARTS) is 1. The summed E-state index contributed by atoms with van der Waals surface area (Å²) in [5.74, 6) is 2.94. The Kier molecular flexibility index (Phi) is 7.15. The number of fused-ring (bicyclic) bond motifs is 1. The molecule has 2 heterocycles. The van der Waals surface area contributed by atoms with Crippen LogP contribution in [-0.2, 0) is 23.2 Å². The van der Waals surface area contributed by atoms with Gasteiger partial charge in [0.1, 0.15) is 11.6 Å². The van der Waals surface area contributed by atoms with E-state index in [1.807, 2.05) is 0 Å². The third-order valence-electron chi connectivity index (χ3n) is 8.11. The zero-order valence-electron chi connectivity index (χ0n) is 18.9. The van der Waals surface area contributed by atoms with E-state index in [-0.39, 0.29) is 0 Å². The second-order valence-electron chi connectivity index (χ2n) is 10.7. The van der Waals surface area contributed by atoms with Gasteiger partial charge in [0.2, 0.25) is 0 Å². The lowest BCUT2D eigenvalue weighted by atomic mass is 9.49. The SMILES string of the molecule is C1CCCCCn2c(nnc2C23CC4CC(CC(C4)C2)C3)CCCC1.O=C(O)C(F)(F)F. The number of halogens is 3. The fraction of sp³-hybridized carbons (Fsp3) is 0.875. The van der Waals surface area contributed by atoms with Gasteiger partial charge >= 0.3 is 12.1 Å². The Bertz CT molecular complexity index is 755. The monoisotopic (exact) mass is 455 g/mol. The molecule has 6 rings (SSSR count). The van der Waals surface area contributed by atoms with Crippen LogP contribution in [0, 0.1) is 17.8 Å². The number of hydrogen-bond acceptors (Lipinski definition) is 3. The molecule has 0 amide bonds. The van der Waals surface area contributed by atoms with Crippen molar-refractivity contribution in [2.45, 2.75) is 114 Å². The summed E-state index contributed by atoms with van der Waals surface area (Å²) in [4.78, 5) is 8.90. The third-order valence-corrected chi connectivity index (χ3v) is 8.11. The van der Waals surface area contributed by atoms with Crippen LogP contribution in [0.5, 0.6) is 0 Å². The molecule has 0 atom stereocenters. The summed E-state index contributed by atoms with van der Waals surface area (Å²) in [7, 11) is 0. The molecular formula is C24H36F3N3O2. The van der Waals surface area contributed by atoms with E-state index >= 15 is 0 Å². The first-order chi connectivity index (χ1) is 15.3. The molecule has 4 saturated carbocycles. The largest absolute Gasteiger partial charge is 0.490 e. The Hall–Kier alpha value is -1.60. The van der Waals surface area contributed by atoms with Crippen molar-refractivity contribution in [1.29, 1.82) is 0 Å². The normalized spacial score (nSPS) is 32.8. The Balaban J connectivity index is 0.000000307. The van der Waals surface area contributed by atoms with Crippen LogP contribution in [0.4, 0.5) is 13.2 Å². The number of carboxylic acids is 1. The molecule has 5 aliphatic rings. The molecule has 0 saturated heterocycles. The van der Waals surface area contributed by atoms with Crippen molar-refractivity contribution in [2.75, 3.05) is 0 Å². The maximum absolute atomic E-state index is 10.6. The quantitative estimate of drug-likeness (QED) is 0.559. The van der Waals surface area contributed by atoms with Gasteiger partial charge in [-0.3, -0.25) is 0 Å². The minimum absolute atomic E-state index is 0.400. The summed E-state index contributed by atoms with van der Waals surface area (Å²) in [6, 6.07) is 0. The third kappa shape index (κ3) is 5.30. The Morgan fingerprint density at radius 1 is 0.844 bits per heavy atom. The van der Waals surface area contributed by atoms with Gasteiger partial charge in [-0.25, -0.2) is 4.79 Å². The van der Waals surface area contributed by atoms with Crippen LogP contribution < -0.4 is 0 Å². The van der Waals surface area contributed by atoms with E-state index in [1.165, 1.54) is 108 Å². The number of aliphatic carboxylic acids is 1. The molecule has 1 aromatic rings. The molecule has 0 aromatic carbocycles. The number of carbonyl (C=O) groups is 1. The molecule has 0 spiro atoms. The summed E-state index contributed by atoms with van der Waals surface area (Å²) in [6.45, 7) is 1.18. The highest BCUT2D eigenvalue weighted by Gasteiger charge is 2.53. The van der Waals surface area contributed by atoms with Gasteiger partial charge in [-0.2, -0.15) is 13.2 Å². The molecule has 1 aromatic heterocycles. The zero-order valence-corrected chi connectivity index (χ0v) is 18.9. The van der Waals surface area contributed by atoms with Crippen LogP contribution in [-0.4, -0.2) is 32.0 Å². The van der Waals surface area contributed by atoms with E-state index in [0.717, 1.165) is 24.2 Å². The van der Waals surface area contributed by atoms with Crippen molar-refractivity contribution >= 4 is 5.97 Å². The standard InChI is InChI=1S/C22H35N3.C2HF3O2/c1-2-4-6-8-10-25-20(9-7-5-3-1)23-24-21(25)22-14-17-11-18(15-22)13-19(12-17)16-22;3-2(4,5)1(6)7/h17-19H,1-16H2;(H,6,7). The number of aryl methyl sites for hydroxylation is 1. The first-order valence-electron chi connectivity index (χ1n) is 12.5. The number of nitrogens with zero attached hydrogens (tertiary/aromatic N) is 3. The van der Waals surface area contributed by atoms with Crippen LogP contribution in [0.1, 0.15) is 102 Å². The highest BCUT2D eigenvalue weighted by Crippen LogP contribution is 2.60. The second-order valence-corrected chi connectivity index (χ2v) is 10.7. The van der Waals surface area contributed by atoms with E-state index in [9.17, 15) is 13.2 Å². The number of rotatable bonds is 1. The van der Waals surface area contributed by atoms with Crippen molar-refractivity contribution in [3.63, 3.8) is 0 Å². The van der Waals surface area contributed by atoms with Gasteiger partial charge < -0.3 is 9.67 Å². The second kappa shape index (κ2) is 9.72. The molecule has 32 heavy (non-hydrogen) atoms. The van der Waals surface area contributed by atoms with Crippen molar-refractivity contribution in [1.82, 2.24) is 14.8 Å². The molecule has 1 N–H and O–H groups in total. The average Bonchev–Trinajstić information content (AvgIpc) is 3.10. The Labute approximate surface area is 188 Å². The van der Waals surface area contributed by atoms with Crippen LogP contribution in [0.25, 0.3) is 0 Å². The topological polar surface area (TPSA) is 68.0 Å². The van der Waals surface area contributed by atoms with Crippen LogP contribution >= 0.6 is 0 Å². The molecule has 4 fully saturated rings. The lowest BCUT2D eigenvalue weighted by Crippen LogP contribution is -2.49. The van der Waals surface area contributed by atoms with Gasteiger partial charge in [0.15, 0.2) is 0 Å². The van der Waals surface area contributed by atoms with Gasteiger partial charge in [-0.05, 0) is 69.1 Å². The summed E-state index contributed by atoms with van der Waals surface area (Å²) in [6.07, 6.45) is 16.0. The predicted octanol–water partition coefficient (Wildman–Crippen LogP) is 6.06. The van der Waals surface area contributed by atoms with Crippen molar-refractivity contribution in [3.05, 3.63) is 11.6 Å². The molecule has 4 aliphatic carbocycles. The van der Waals surface area contributed by atoms with Gasteiger partial charge in [0.05, 0.1) is 0 Å². The highest BCUT2D eigenvalue weighted by atomic mass is 19.4. The van der Waals surface area contributed by atoms with E-state index < -0.39 is 12.1 Å². The predicted molar refractivity (Wildman–Crippen MR) is 114 cm³/mol. The van der Waals surface area contributed by atoms with E-state index in [0.29, 0.717) is 5.41 Å². The fourth-order valence-electron chi connectivity index (χ4n) is 7.15. The van der Waals surface area contributed by atoms with Crippen molar-refractivity contribution < 1.29 is 23.1 Å². The highest BCUT2D eigenvalue weighted by molar-refractivity contribution is 5.73. The molecule has 1 aliphatic heterocycles. The Morgan fingerprint density at radius 2 is 1.31 bits per heavy atom. The van der Waals surface area contributed by atoms with Gasteiger partial charge in [-0.15, -0.1) is 10.2 Å². The van der Waals surface area contributed by atoms with Crippen molar-refractivity contribution in [3.8, 4) is 0 Å².